The van der Waals surface area contributed by atoms with Gasteiger partial charge in [-0.15, -0.1) is 0 Å². The Labute approximate surface area is 79.4 Å². The van der Waals surface area contributed by atoms with E-state index in [0.29, 0.717) is 6.54 Å². The standard InChI is InChI=1S/C11H17NO/c1-9-3-2-4-10(5-9)6-11(7-12)8-13/h2-5,11,13H,6-8,12H2,1H3. The van der Waals surface area contributed by atoms with Crippen LogP contribution in [0.2, 0.25) is 0 Å². The molecule has 1 aromatic carbocycles. The highest BCUT2D eigenvalue weighted by Gasteiger charge is 2.05. The van der Waals surface area contributed by atoms with E-state index in [1.807, 2.05) is 6.07 Å². The van der Waals surface area contributed by atoms with Crippen molar-refractivity contribution in [3.05, 3.63) is 35.4 Å². The summed E-state index contributed by atoms with van der Waals surface area (Å²) in [6.45, 7) is 2.79. The summed E-state index contributed by atoms with van der Waals surface area (Å²) in [7, 11) is 0. The van der Waals surface area contributed by atoms with Crippen LogP contribution in [-0.4, -0.2) is 18.3 Å². The predicted molar refractivity (Wildman–Crippen MR) is 54.5 cm³/mol. The molecule has 0 aromatic heterocycles. The molecule has 2 heteroatoms. The van der Waals surface area contributed by atoms with Crippen LogP contribution in [0.15, 0.2) is 24.3 Å². The molecule has 0 spiro atoms. The molecule has 2 nitrogen and oxygen atoms in total. The minimum Gasteiger partial charge on any atom is -0.396 e. The molecule has 0 saturated heterocycles. The van der Waals surface area contributed by atoms with Crippen molar-refractivity contribution in [1.82, 2.24) is 0 Å². The summed E-state index contributed by atoms with van der Waals surface area (Å²) in [4.78, 5) is 0. The summed E-state index contributed by atoms with van der Waals surface area (Å²) in [6.07, 6.45) is 0.870. The third-order valence-corrected chi connectivity index (χ3v) is 2.20. The Hall–Kier alpha value is -0.860. The maximum Gasteiger partial charge on any atom is 0.0474 e. The number of aliphatic hydroxyl groups is 1. The van der Waals surface area contributed by atoms with Crippen LogP contribution in [0, 0.1) is 12.8 Å². The van der Waals surface area contributed by atoms with E-state index >= 15 is 0 Å². The monoisotopic (exact) mass is 179 g/mol. The quantitative estimate of drug-likeness (QED) is 0.727. The Bertz CT molecular complexity index is 256. The van der Waals surface area contributed by atoms with Crippen molar-refractivity contribution in [1.29, 1.82) is 0 Å². The summed E-state index contributed by atoms with van der Waals surface area (Å²) in [5.41, 5.74) is 8.02. The Morgan fingerprint density at radius 3 is 2.77 bits per heavy atom. The van der Waals surface area contributed by atoms with Crippen LogP contribution >= 0.6 is 0 Å². The van der Waals surface area contributed by atoms with E-state index in [1.54, 1.807) is 0 Å². The molecule has 0 heterocycles. The van der Waals surface area contributed by atoms with Crippen LogP contribution < -0.4 is 5.73 Å². The summed E-state index contributed by atoms with van der Waals surface area (Å²) >= 11 is 0. The molecule has 0 saturated carbocycles. The molecular formula is C11H17NO. The van der Waals surface area contributed by atoms with Crippen LogP contribution in [0.1, 0.15) is 11.1 Å². The highest BCUT2D eigenvalue weighted by atomic mass is 16.3. The second-order valence-corrected chi connectivity index (χ2v) is 3.48. The number of aliphatic hydroxyl groups excluding tert-OH is 1. The van der Waals surface area contributed by atoms with Crippen LogP contribution in [0.25, 0.3) is 0 Å². The first kappa shape index (κ1) is 10.2. The lowest BCUT2D eigenvalue weighted by molar-refractivity contribution is 0.230. The van der Waals surface area contributed by atoms with Gasteiger partial charge in [0.1, 0.15) is 0 Å². The molecule has 13 heavy (non-hydrogen) atoms. The molecular weight excluding hydrogens is 162 g/mol. The molecule has 1 atom stereocenters. The van der Waals surface area contributed by atoms with Gasteiger partial charge in [0.15, 0.2) is 0 Å². The SMILES string of the molecule is Cc1cccc(CC(CN)CO)c1. The van der Waals surface area contributed by atoms with Gasteiger partial charge in [0, 0.05) is 6.61 Å². The largest absolute Gasteiger partial charge is 0.396 e. The van der Waals surface area contributed by atoms with Gasteiger partial charge in [-0.25, -0.2) is 0 Å². The Balaban J connectivity index is 2.62. The van der Waals surface area contributed by atoms with Crippen LogP contribution in [0.4, 0.5) is 0 Å². The third-order valence-electron chi connectivity index (χ3n) is 2.20. The highest BCUT2D eigenvalue weighted by Crippen LogP contribution is 2.09. The number of hydrogen-bond acceptors (Lipinski definition) is 2. The van der Waals surface area contributed by atoms with E-state index in [2.05, 4.69) is 25.1 Å². The van der Waals surface area contributed by atoms with Gasteiger partial charge in [-0.1, -0.05) is 29.8 Å². The first-order valence-corrected chi connectivity index (χ1v) is 4.62. The van der Waals surface area contributed by atoms with Crippen molar-refractivity contribution < 1.29 is 5.11 Å². The fourth-order valence-electron chi connectivity index (χ4n) is 1.39. The van der Waals surface area contributed by atoms with Gasteiger partial charge in [-0.05, 0) is 31.4 Å². The van der Waals surface area contributed by atoms with E-state index in [0.717, 1.165) is 6.42 Å². The number of benzene rings is 1. The average Bonchev–Trinajstić information content (AvgIpc) is 2.14. The molecule has 0 aliphatic carbocycles. The second kappa shape index (κ2) is 5.00. The zero-order valence-corrected chi connectivity index (χ0v) is 8.03. The lowest BCUT2D eigenvalue weighted by Gasteiger charge is -2.11. The van der Waals surface area contributed by atoms with Gasteiger partial charge in [-0.3, -0.25) is 0 Å². The molecule has 1 aromatic rings. The maximum atomic E-state index is 8.98. The predicted octanol–water partition coefficient (Wildman–Crippen LogP) is 1.10. The van der Waals surface area contributed by atoms with Crippen LogP contribution in [-0.2, 0) is 6.42 Å². The first-order chi connectivity index (χ1) is 6.26. The van der Waals surface area contributed by atoms with Gasteiger partial charge >= 0.3 is 0 Å². The van der Waals surface area contributed by atoms with Crippen molar-refractivity contribution >= 4 is 0 Å². The molecule has 0 radical (unpaired) electrons. The molecule has 0 aliphatic rings. The van der Waals surface area contributed by atoms with E-state index < -0.39 is 0 Å². The van der Waals surface area contributed by atoms with Crippen molar-refractivity contribution in [3.8, 4) is 0 Å². The van der Waals surface area contributed by atoms with Gasteiger partial charge in [0.2, 0.25) is 0 Å². The molecule has 0 aliphatic heterocycles. The van der Waals surface area contributed by atoms with Crippen molar-refractivity contribution in [2.24, 2.45) is 11.7 Å². The first-order valence-electron chi connectivity index (χ1n) is 4.62. The fourth-order valence-corrected chi connectivity index (χ4v) is 1.39. The smallest absolute Gasteiger partial charge is 0.0474 e. The van der Waals surface area contributed by atoms with Gasteiger partial charge in [-0.2, -0.15) is 0 Å². The van der Waals surface area contributed by atoms with Gasteiger partial charge in [0.25, 0.3) is 0 Å². The summed E-state index contributed by atoms with van der Waals surface area (Å²) in [6, 6.07) is 8.32. The average molecular weight is 179 g/mol. The Morgan fingerprint density at radius 1 is 1.46 bits per heavy atom. The Kier molecular flexibility index (Phi) is 3.93. The van der Waals surface area contributed by atoms with Crippen LogP contribution in [0.5, 0.6) is 0 Å². The number of aryl methyl sites for hydroxylation is 1. The van der Waals surface area contributed by atoms with Crippen LogP contribution in [0.3, 0.4) is 0 Å². The normalized spacial score (nSPS) is 12.8. The number of nitrogens with two attached hydrogens (primary N) is 1. The molecule has 72 valence electrons. The molecule has 1 unspecified atom stereocenters. The minimum absolute atomic E-state index is 0.171. The summed E-state index contributed by atoms with van der Waals surface area (Å²) in [5, 5.41) is 8.98. The lowest BCUT2D eigenvalue weighted by Crippen LogP contribution is -2.20. The Morgan fingerprint density at radius 2 is 2.23 bits per heavy atom. The maximum absolute atomic E-state index is 8.98. The summed E-state index contributed by atoms with van der Waals surface area (Å²) < 4.78 is 0. The van der Waals surface area contributed by atoms with E-state index in [9.17, 15) is 0 Å². The zero-order chi connectivity index (χ0) is 9.68. The molecule has 1 rings (SSSR count). The molecule has 0 bridgehead atoms. The lowest BCUT2D eigenvalue weighted by atomic mass is 9.99. The van der Waals surface area contributed by atoms with E-state index in [1.165, 1.54) is 11.1 Å². The zero-order valence-electron chi connectivity index (χ0n) is 8.03. The van der Waals surface area contributed by atoms with Gasteiger partial charge in [0.05, 0.1) is 0 Å². The van der Waals surface area contributed by atoms with Gasteiger partial charge < -0.3 is 10.8 Å². The highest BCUT2D eigenvalue weighted by molar-refractivity contribution is 5.22. The third kappa shape index (κ3) is 3.17. The molecule has 0 amide bonds. The topological polar surface area (TPSA) is 46.2 Å². The summed E-state index contributed by atoms with van der Waals surface area (Å²) in [5.74, 6) is 0.196. The van der Waals surface area contributed by atoms with Crippen molar-refractivity contribution in [3.63, 3.8) is 0 Å². The second-order valence-electron chi connectivity index (χ2n) is 3.48. The van der Waals surface area contributed by atoms with E-state index in [-0.39, 0.29) is 12.5 Å². The fraction of sp³-hybridized carbons (Fsp3) is 0.455. The number of rotatable bonds is 4. The van der Waals surface area contributed by atoms with Crippen molar-refractivity contribution in [2.45, 2.75) is 13.3 Å². The molecule has 3 N–H and O–H groups in total. The molecule has 0 fully saturated rings. The van der Waals surface area contributed by atoms with E-state index in [4.69, 9.17) is 10.8 Å². The van der Waals surface area contributed by atoms with Crippen molar-refractivity contribution in [2.75, 3.05) is 13.2 Å². The minimum atomic E-state index is 0.171. The number of hydrogen-bond donors (Lipinski definition) is 2.